The van der Waals surface area contributed by atoms with Crippen molar-refractivity contribution in [3.05, 3.63) is 76.5 Å². The molecule has 5 aliphatic rings. The molecule has 2 saturated carbocycles. The van der Waals surface area contributed by atoms with E-state index in [1.807, 2.05) is 18.5 Å². The molecule has 2 aromatic rings. The van der Waals surface area contributed by atoms with Gasteiger partial charge in [0.05, 0.1) is 12.1 Å². The lowest BCUT2D eigenvalue weighted by molar-refractivity contribution is -0.00732. The Bertz CT molecular complexity index is 1150. The molecular weight excluding hydrogens is 430 g/mol. The third-order valence-electron chi connectivity index (χ3n) is 8.24. The molecule has 0 amide bonds. The number of nitrogens with zero attached hydrogens (tertiary/aromatic N) is 3. The second kappa shape index (κ2) is 9.64. The number of hydrogen-bond acceptors (Lipinski definition) is 4. The van der Waals surface area contributed by atoms with Crippen LogP contribution in [0.1, 0.15) is 80.2 Å². The number of aromatic nitrogens is 1. The fraction of sp³-hybridized carbons (Fsp3) is 0.484. The van der Waals surface area contributed by atoms with Gasteiger partial charge in [-0.1, -0.05) is 36.8 Å². The zero-order chi connectivity index (χ0) is 23.8. The summed E-state index contributed by atoms with van der Waals surface area (Å²) in [6, 6.07) is 12.5. The van der Waals surface area contributed by atoms with Crippen molar-refractivity contribution in [2.24, 2.45) is 10.9 Å². The predicted molar refractivity (Wildman–Crippen MR) is 143 cm³/mol. The molecule has 2 bridgehead atoms. The summed E-state index contributed by atoms with van der Waals surface area (Å²) in [5.41, 5.74) is 8.51. The van der Waals surface area contributed by atoms with Crippen molar-refractivity contribution in [2.75, 3.05) is 6.61 Å². The highest BCUT2D eigenvalue weighted by Crippen LogP contribution is 2.51. The Hall–Kier alpha value is -2.88. The van der Waals surface area contributed by atoms with Crippen LogP contribution in [-0.4, -0.2) is 34.8 Å². The standard InChI is InChI=1S/C31H37N3O/c1-3-22-9-13-30(33-19-22)35-20-26-18-23-16-25(17-23)34(26)31(24-10-11-24)28-15-21(2)8-12-27(28)29-7-5-4-6-14-32-29/h4,6,8-9,12-15,19,23,25-26,29H,3,5,7,10-11,16-18,20H2,1-2H3. The number of aryl methyl sites for hydroxylation is 2. The van der Waals surface area contributed by atoms with Crippen molar-refractivity contribution in [3.8, 4) is 5.88 Å². The maximum atomic E-state index is 6.31. The normalized spacial score (nSPS) is 26.8. The average Bonchev–Trinajstić information content (AvgIpc) is 3.71. The molecule has 4 fully saturated rings. The number of fused-ring (bicyclic) bond motifs is 2. The van der Waals surface area contributed by atoms with E-state index in [1.165, 1.54) is 60.1 Å². The maximum absolute atomic E-state index is 6.31. The highest BCUT2D eigenvalue weighted by molar-refractivity contribution is 5.75. The summed E-state index contributed by atoms with van der Waals surface area (Å²) in [4.78, 5) is 12.3. The van der Waals surface area contributed by atoms with Crippen LogP contribution in [0.2, 0.25) is 0 Å². The minimum absolute atomic E-state index is 0.227. The molecule has 2 aliphatic carbocycles. The van der Waals surface area contributed by atoms with Crippen molar-refractivity contribution in [1.29, 1.82) is 0 Å². The van der Waals surface area contributed by atoms with Gasteiger partial charge < -0.3 is 9.64 Å². The molecule has 2 atom stereocenters. The van der Waals surface area contributed by atoms with Crippen molar-refractivity contribution in [3.63, 3.8) is 0 Å². The second-order valence-electron chi connectivity index (χ2n) is 10.8. The minimum atomic E-state index is 0.227. The van der Waals surface area contributed by atoms with Crippen LogP contribution in [0.25, 0.3) is 5.70 Å². The molecule has 2 saturated heterocycles. The Morgan fingerprint density at radius 3 is 2.77 bits per heavy atom. The first-order chi connectivity index (χ1) is 17.2. The molecule has 35 heavy (non-hydrogen) atoms. The van der Waals surface area contributed by atoms with Crippen LogP contribution in [0.5, 0.6) is 5.88 Å². The van der Waals surface area contributed by atoms with Gasteiger partial charge in [-0.2, -0.15) is 0 Å². The Morgan fingerprint density at radius 2 is 2.00 bits per heavy atom. The van der Waals surface area contributed by atoms with Crippen LogP contribution >= 0.6 is 0 Å². The van der Waals surface area contributed by atoms with Crippen LogP contribution < -0.4 is 4.74 Å². The van der Waals surface area contributed by atoms with Crippen LogP contribution in [0, 0.1) is 12.8 Å². The third-order valence-corrected chi connectivity index (χ3v) is 8.24. The van der Waals surface area contributed by atoms with Gasteiger partial charge in [0.2, 0.25) is 5.88 Å². The highest BCUT2D eigenvalue weighted by Gasteiger charge is 2.46. The first-order valence-corrected chi connectivity index (χ1v) is 13.6. The lowest BCUT2D eigenvalue weighted by atomic mass is 9.70. The lowest BCUT2D eigenvalue weighted by Crippen LogP contribution is -2.57. The number of pyridine rings is 1. The molecule has 7 rings (SSSR count). The number of benzene rings is 1. The Morgan fingerprint density at radius 1 is 1.11 bits per heavy atom. The maximum Gasteiger partial charge on any atom is 0.213 e. The molecular formula is C31H37N3O. The fourth-order valence-electron chi connectivity index (χ4n) is 6.17. The summed E-state index contributed by atoms with van der Waals surface area (Å²) < 4.78 is 6.31. The highest BCUT2D eigenvalue weighted by atomic mass is 16.5. The third kappa shape index (κ3) is 4.68. The summed E-state index contributed by atoms with van der Waals surface area (Å²) >= 11 is 0. The van der Waals surface area contributed by atoms with E-state index in [0.29, 0.717) is 18.7 Å². The van der Waals surface area contributed by atoms with E-state index in [1.54, 1.807) is 5.57 Å². The van der Waals surface area contributed by atoms with Crippen molar-refractivity contribution in [1.82, 2.24) is 9.88 Å². The number of hydrogen-bond donors (Lipinski definition) is 0. The first kappa shape index (κ1) is 22.6. The largest absolute Gasteiger partial charge is 0.475 e. The van der Waals surface area contributed by atoms with Gasteiger partial charge in [-0.15, -0.1) is 0 Å². The number of rotatable bonds is 7. The van der Waals surface area contributed by atoms with Crippen molar-refractivity contribution in [2.45, 2.75) is 83.3 Å². The van der Waals surface area contributed by atoms with E-state index in [-0.39, 0.29) is 6.04 Å². The monoisotopic (exact) mass is 467 g/mol. The summed E-state index contributed by atoms with van der Waals surface area (Å²) in [5, 5.41) is 0. The number of piperidine rings is 2. The van der Waals surface area contributed by atoms with Gasteiger partial charge in [0.25, 0.3) is 0 Å². The van der Waals surface area contributed by atoms with Crippen molar-refractivity contribution < 1.29 is 4.74 Å². The summed E-state index contributed by atoms with van der Waals surface area (Å²) in [6.45, 7) is 5.09. The Balaban J connectivity index is 1.32. The molecule has 4 nitrogen and oxygen atoms in total. The molecule has 0 spiro atoms. The first-order valence-electron chi connectivity index (χ1n) is 13.6. The van der Waals surface area contributed by atoms with E-state index >= 15 is 0 Å². The van der Waals surface area contributed by atoms with E-state index in [2.05, 4.69) is 60.1 Å². The molecule has 1 aromatic heterocycles. The van der Waals surface area contributed by atoms with E-state index < -0.39 is 0 Å². The number of allylic oxidation sites excluding steroid dienone is 3. The average molecular weight is 468 g/mol. The van der Waals surface area contributed by atoms with Gasteiger partial charge >= 0.3 is 0 Å². The lowest BCUT2D eigenvalue weighted by Gasteiger charge is -2.55. The molecule has 4 heteroatoms. The Labute approximate surface area is 209 Å². The molecule has 0 radical (unpaired) electrons. The van der Waals surface area contributed by atoms with Gasteiger partial charge in [0.15, 0.2) is 0 Å². The van der Waals surface area contributed by atoms with Gasteiger partial charge in [0.1, 0.15) is 6.61 Å². The smallest absolute Gasteiger partial charge is 0.213 e. The van der Waals surface area contributed by atoms with Gasteiger partial charge in [-0.25, -0.2) is 4.98 Å². The second-order valence-corrected chi connectivity index (χ2v) is 10.8. The summed E-state index contributed by atoms with van der Waals surface area (Å²) in [6.07, 6.45) is 17.7. The zero-order valence-electron chi connectivity index (χ0n) is 21.1. The van der Waals surface area contributed by atoms with Gasteiger partial charge in [-0.3, -0.25) is 4.99 Å². The minimum Gasteiger partial charge on any atom is -0.475 e. The van der Waals surface area contributed by atoms with E-state index in [4.69, 9.17) is 9.73 Å². The van der Waals surface area contributed by atoms with Gasteiger partial charge in [0, 0.05) is 35.8 Å². The molecule has 2 unspecified atom stereocenters. The van der Waals surface area contributed by atoms with Gasteiger partial charge in [-0.05, 0) is 93.1 Å². The summed E-state index contributed by atoms with van der Waals surface area (Å²) in [7, 11) is 0. The van der Waals surface area contributed by atoms with Crippen LogP contribution in [0.15, 0.2) is 59.2 Å². The SMILES string of the molecule is CCc1ccc(OCC2CC3CC(C3)N2C(=C2CC2)c2cc(C)ccc2C2CCC=CC=N2)nc1. The summed E-state index contributed by atoms with van der Waals surface area (Å²) in [5.74, 6) is 1.60. The molecule has 1 aromatic carbocycles. The van der Waals surface area contributed by atoms with Crippen LogP contribution in [0.3, 0.4) is 0 Å². The topological polar surface area (TPSA) is 37.7 Å². The molecule has 182 valence electrons. The quantitative estimate of drug-likeness (QED) is 0.447. The van der Waals surface area contributed by atoms with E-state index in [9.17, 15) is 0 Å². The fourth-order valence-corrected chi connectivity index (χ4v) is 6.17. The molecule has 4 heterocycles. The number of ether oxygens (including phenoxy) is 1. The zero-order valence-corrected chi connectivity index (χ0v) is 21.1. The van der Waals surface area contributed by atoms with E-state index in [0.717, 1.165) is 31.1 Å². The predicted octanol–water partition coefficient (Wildman–Crippen LogP) is 6.85. The molecule has 3 aliphatic heterocycles. The Kier molecular flexibility index (Phi) is 6.22. The van der Waals surface area contributed by atoms with Crippen molar-refractivity contribution >= 4 is 11.9 Å². The van der Waals surface area contributed by atoms with Crippen LogP contribution in [0.4, 0.5) is 0 Å². The van der Waals surface area contributed by atoms with Crippen LogP contribution in [-0.2, 0) is 6.42 Å². The number of aliphatic imine (C=N–C) groups is 1. The molecule has 0 N–H and O–H groups in total.